The number of hydrogen-bond donors (Lipinski definition) is 1. The number of amides is 1. The number of carbonyl (C=O) groups excluding carboxylic acids is 1. The van der Waals surface area contributed by atoms with Crippen molar-refractivity contribution in [1.29, 1.82) is 0 Å². The molecule has 28 heavy (non-hydrogen) atoms. The number of hydrogen-bond acceptors (Lipinski definition) is 2. The van der Waals surface area contributed by atoms with Gasteiger partial charge in [0.15, 0.2) is 0 Å². The van der Waals surface area contributed by atoms with Gasteiger partial charge in [-0.1, -0.05) is 29.8 Å². The molecule has 4 rings (SSSR count). The lowest BCUT2D eigenvalue weighted by Crippen LogP contribution is -2.13. The molecule has 0 bridgehead atoms. The molecule has 140 valence electrons. The van der Waals surface area contributed by atoms with E-state index < -0.39 is 0 Å². The molecule has 0 aliphatic rings. The lowest BCUT2D eigenvalue weighted by Gasteiger charge is -2.12. The summed E-state index contributed by atoms with van der Waals surface area (Å²) in [5.41, 5.74) is 3.97. The molecule has 0 fully saturated rings. The molecule has 2 aromatic carbocycles. The van der Waals surface area contributed by atoms with Crippen LogP contribution in [0.15, 0.2) is 72.4 Å². The molecule has 0 spiro atoms. The van der Waals surface area contributed by atoms with Gasteiger partial charge in [-0.15, -0.1) is 11.3 Å². The zero-order valence-electron chi connectivity index (χ0n) is 14.9. The van der Waals surface area contributed by atoms with Crippen molar-refractivity contribution in [3.05, 3.63) is 93.7 Å². The fourth-order valence-corrected chi connectivity index (χ4v) is 4.15. The summed E-state index contributed by atoms with van der Waals surface area (Å²) in [5.74, 6) is -0.511. The molecule has 0 atom stereocenters. The standard InChI is InChI=1S/C22H16ClFN2OS/c1-14-18(23)5-4-6-19(14)25-22(27)21-20(26-11-2-3-12-26)17(13-28-21)15-7-9-16(24)10-8-15/h2-13H,1H3,(H,25,27). The van der Waals surface area contributed by atoms with E-state index in [0.29, 0.717) is 15.6 Å². The second-order valence-electron chi connectivity index (χ2n) is 6.29. The number of benzene rings is 2. The van der Waals surface area contributed by atoms with Gasteiger partial charge in [0.1, 0.15) is 10.7 Å². The minimum Gasteiger partial charge on any atom is -0.322 e. The molecule has 3 nitrogen and oxygen atoms in total. The number of rotatable bonds is 4. The molecular formula is C22H16ClFN2OS. The van der Waals surface area contributed by atoms with Gasteiger partial charge in [-0.05, 0) is 54.4 Å². The Labute approximate surface area is 171 Å². The predicted molar refractivity (Wildman–Crippen MR) is 113 cm³/mol. The average Bonchev–Trinajstić information content (AvgIpc) is 3.35. The molecular weight excluding hydrogens is 395 g/mol. The summed E-state index contributed by atoms with van der Waals surface area (Å²) in [6, 6.07) is 15.5. The number of nitrogens with zero attached hydrogens (tertiary/aromatic N) is 1. The molecule has 1 amide bonds. The Morgan fingerprint density at radius 1 is 1.07 bits per heavy atom. The van der Waals surface area contributed by atoms with Crippen molar-refractivity contribution in [2.24, 2.45) is 0 Å². The molecule has 0 aliphatic carbocycles. The molecule has 2 aromatic heterocycles. The Kier molecular flexibility index (Phi) is 5.03. The van der Waals surface area contributed by atoms with E-state index in [1.807, 2.05) is 47.5 Å². The van der Waals surface area contributed by atoms with Gasteiger partial charge in [-0.25, -0.2) is 4.39 Å². The van der Waals surface area contributed by atoms with Crippen LogP contribution in [-0.2, 0) is 0 Å². The van der Waals surface area contributed by atoms with E-state index in [4.69, 9.17) is 11.6 Å². The highest BCUT2D eigenvalue weighted by Crippen LogP contribution is 2.36. The van der Waals surface area contributed by atoms with Crippen molar-refractivity contribution in [3.8, 4) is 16.8 Å². The van der Waals surface area contributed by atoms with Crippen LogP contribution in [0.1, 0.15) is 15.2 Å². The summed E-state index contributed by atoms with van der Waals surface area (Å²) in [7, 11) is 0. The minimum atomic E-state index is -0.295. The van der Waals surface area contributed by atoms with E-state index in [0.717, 1.165) is 22.4 Å². The van der Waals surface area contributed by atoms with E-state index in [-0.39, 0.29) is 11.7 Å². The molecule has 1 N–H and O–H groups in total. The van der Waals surface area contributed by atoms with Crippen LogP contribution in [0.5, 0.6) is 0 Å². The third-order valence-electron chi connectivity index (χ3n) is 4.50. The highest BCUT2D eigenvalue weighted by molar-refractivity contribution is 7.13. The van der Waals surface area contributed by atoms with Gasteiger partial charge in [0.25, 0.3) is 5.91 Å². The number of halogens is 2. The largest absolute Gasteiger partial charge is 0.322 e. The van der Waals surface area contributed by atoms with Crippen LogP contribution in [0, 0.1) is 12.7 Å². The number of carbonyl (C=O) groups is 1. The summed E-state index contributed by atoms with van der Waals surface area (Å²) >= 11 is 7.52. The molecule has 4 aromatic rings. The number of nitrogens with one attached hydrogen (secondary N) is 1. The van der Waals surface area contributed by atoms with Crippen LogP contribution in [0.3, 0.4) is 0 Å². The van der Waals surface area contributed by atoms with Crippen LogP contribution in [0.25, 0.3) is 16.8 Å². The Morgan fingerprint density at radius 2 is 1.79 bits per heavy atom. The van der Waals surface area contributed by atoms with Gasteiger partial charge in [0.05, 0.1) is 5.69 Å². The maximum absolute atomic E-state index is 13.3. The highest BCUT2D eigenvalue weighted by Gasteiger charge is 2.21. The average molecular weight is 411 g/mol. The molecule has 0 saturated carbocycles. The van der Waals surface area contributed by atoms with Crippen LogP contribution in [-0.4, -0.2) is 10.5 Å². The number of thiophene rings is 1. The fraction of sp³-hybridized carbons (Fsp3) is 0.0455. The smallest absolute Gasteiger partial charge is 0.267 e. The monoisotopic (exact) mass is 410 g/mol. The van der Waals surface area contributed by atoms with Crippen LogP contribution < -0.4 is 5.32 Å². The van der Waals surface area contributed by atoms with Crippen LogP contribution in [0.2, 0.25) is 5.02 Å². The van der Waals surface area contributed by atoms with Gasteiger partial charge in [-0.3, -0.25) is 4.79 Å². The first-order valence-electron chi connectivity index (χ1n) is 8.62. The SMILES string of the molecule is Cc1c(Cl)cccc1NC(=O)c1scc(-c2ccc(F)cc2)c1-n1cccc1. The number of anilines is 1. The van der Waals surface area contributed by atoms with E-state index in [9.17, 15) is 9.18 Å². The van der Waals surface area contributed by atoms with Gasteiger partial charge < -0.3 is 9.88 Å². The van der Waals surface area contributed by atoms with E-state index in [1.165, 1.54) is 23.5 Å². The quantitative estimate of drug-likeness (QED) is 0.406. The van der Waals surface area contributed by atoms with Crippen molar-refractivity contribution in [2.45, 2.75) is 6.92 Å². The number of aromatic nitrogens is 1. The van der Waals surface area contributed by atoms with E-state index in [2.05, 4.69) is 5.32 Å². The van der Waals surface area contributed by atoms with Crippen molar-refractivity contribution in [1.82, 2.24) is 4.57 Å². The Morgan fingerprint density at radius 3 is 2.50 bits per heavy atom. The summed E-state index contributed by atoms with van der Waals surface area (Å²) in [4.78, 5) is 13.6. The first kappa shape index (κ1) is 18.5. The summed E-state index contributed by atoms with van der Waals surface area (Å²) in [6.45, 7) is 1.86. The summed E-state index contributed by atoms with van der Waals surface area (Å²) in [6.07, 6.45) is 3.77. The Balaban J connectivity index is 1.78. The Bertz CT molecular complexity index is 1130. The minimum absolute atomic E-state index is 0.215. The third kappa shape index (κ3) is 3.46. The molecule has 6 heteroatoms. The predicted octanol–water partition coefficient (Wildman–Crippen LogP) is 6.56. The van der Waals surface area contributed by atoms with E-state index in [1.54, 1.807) is 24.3 Å². The second-order valence-corrected chi connectivity index (χ2v) is 7.58. The lowest BCUT2D eigenvalue weighted by molar-refractivity contribution is 0.103. The molecule has 0 aliphatic heterocycles. The zero-order valence-corrected chi connectivity index (χ0v) is 16.5. The molecule has 0 radical (unpaired) electrons. The maximum atomic E-state index is 13.3. The van der Waals surface area contributed by atoms with Crippen molar-refractivity contribution < 1.29 is 9.18 Å². The zero-order chi connectivity index (χ0) is 19.7. The lowest BCUT2D eigenvalue weighted by atomic mass is 10.1. The highest BCUT2D eigenvalue weighted by atomic mass is 35.5. The molecule has 0 saturated heterocycles. The van der Waals surface area contributed by atoms with Crippen molar-refractivity contribution >= 4 is 34.5 Å². The van der Waals surface area contributed by atoms with Gasteiger partial charge in [0, 0.05) is 34.0 Å². The first-order chi connectivity index (χ1) is 13.5. The van der Waals surface area contributed by atoms with Crippen LogP contribution in [0.4, 0.5) is 10.1 Å². The summed E-state index contributed by atoms with van der Waals surface area (Å²) in [5, 5.41) is 5.47. The first-order valence-corrected chi connectivity index (χ1v) is 9.87. The van der Waals surface area contributed by atoms with Crippen molar-refractivity contribution in [3.63, 3.8) is 0 Å². The summed E-state index contributed by atoms with van der Waals surface area (Å²) < 4.78 is 15.2. The van der Waals surface area contributed by atoms with Crippen molar-refractivity contribution in [2.75, 3.05) is 5.32 Å². The van der Waals surface area contributed by atoms with Gasteiger partial charge >= 0.3 is 0 Å². The molecule has 0 unspecified atom stereocenters. The molecule has 2 heterocycles. The van der Waals surface area contributed by atoms with Gasteiger partial charge in [0.2, 0.25) is 0 Å². The second kappa shape index (κ2) is 7.62. The normalized spacial score (nSPS) is 10.8. The third-order valence-corrected chi connectivity index (χ3v) is 5.88. The fourth-order valence-electron chi connectivity index (χ4n) is 3.01. The van der Waals surface area contributed by atoms with Gasteiger partial charge in [-0.2, -0.15) is 0 Å². The van der Waals surface area contributed by atoms with E-state index >= 15 is 0 Å². The Hall–Kier alpha value is -2.89. The van der Waals surface area contributed by atoms with Crippen LogP contribution >= 0.6 is 22.9 Å². The maximum Gasteiger partial charge on any atom is 0.267 e. The topological polar surface area (TPSA) is 34.0 Å².